The Hall–Kier alpha value is -0.390. The molecule has 3 heterocycles. The van der Waals surface area contributed by atoms with E-state index in [-0.39, 0.29) is 5.91 Å². The molecule has 3 nitrogen and oxygen atoms in total. The van der Waals surface area contributed by atoms with Crippen LogP contribution in [0, 0.1) is 5.92 Å². The van der Waals surface area contributed by atoms with Crippen molar-refractivity contribution in [3.8, 4) is 0 Å². The molecule has 2 fully saturated rings. The molecular weight excluding hydrogens is 324 g/mol. The van der Waals surface area contributed by atoms with Gasteiger partial charge in [-0.1, -0.05) is 0 Å². The first-order valence-electron chi connectivity index (χ1n) is 7.02. The van der Waals surface area contributed by atoms with E-state index >= 15 is 0 Å². The monoisotopic (exact) mass is 342 g/mol. The normalized spacial score (nSPS) is 27.7. The van der Waals surface area contributed by atoms with Gasteiger partial charge in [0.1, 0.15) is 0 Å². The molecule has 5 heteroatoms. The summed E-state index contributed by atoms with van der Waals surface area (Å²) in [5.74, 6) is 0.849. The molecule has 19 heavy (non-hydrogen) atoms. The maximum atomic E-state index is 12.5. The minimum Gasteiger partial charge on any atom is -0.338 e. The first-order valence-corrected chi connectivity index (χ1v) is 8.63. The van der Waals surface area contributed by atoms with Crippen LogP contribution in [0.3, 0.4) is 0 Å². The maximum absolute atomic E-state index is 12.5. The van der Waals surface area contributed by atoms with Crippen LogP contribution in [0.5, 0.6) is 0 Å². The van der Waals surface area contributed by atoms with E-state index in [4.69, 9.17) is 0 Å². The third-order valence-corrected chi connectivity index (χ3v) is 5.81. The molecular formula is C14H19BrN2OS. The number of hydrogen-bond donors (Lipinski definition) is 1. The van der Waals surface area contributed by atoms with Crippen molar-refractivity contribution in [3.05, 3.63) is 20.8 Å². The van der Waals surface area contributed by atoms with Crippen molar-refractivity contribution in [3.63, 3.8) is 0 Å². The van der Waals surface area contributed by atoms with Crippen molar-refractivity contribution >= 4 is 33.2 Å². The number of nitrogens with zero attached hydrogens (tertiary/aromatic N) is 1. The number of rotatable bonds is 2. The molecule has 2 atom stereocenters. The molecule has 2 saturated heterocycles. The fraction of sp³-hybridized carbons (Fsp3) is 0.643. The van der Waals surface area contributed by atoms with Crippen molar-refractivity contribution in [1.82, 2.24) is 10.2 Å². The average molecular weight is 343 g/mol. The lowest BCUT2D eigenvalue weighted by Crippen LogP contribution is -2.45. The smallest absolute Gasteiger partial charge is 0.263 e. The zero-order valence-corrected chi connectivity index (χ0v) is 13.3. The minimum atomic E-state index is 0.207. The van der Waals surface area contributed by atoms with Crippen LogP contribution >= 0.6 is 27.3 Å². The molecule has 0 saturated carbocycles. The lowest BCUT2D eigenvalue weighted by atomic mass is 9.89. The van der Waals surface area contributed by atoms with Gasteiger partial charge in [0.25, 0.3) is 5.91 Å². The number of hydrogen-bond acceptors (Lipinski definition) is 3. The van der Waals surface area contributed by atoms with Gasteiger partial charge in [0, 0.05) is 19.1 Å². The van der Waals surface area contributed by atoms with Crippen molar-refractivity contribution in [2.24, 2.45) is 5.92 Å². The predicted molar refractivity (Wildman–Crippen MR) is 81.7 cm³/mol. The highest BCUT2D eigenvalue weighted by molar-refractivity contribution is 9.11. The third kappa shape index (κ3) is 3.03. The summed E-state index contributed by atoms with van der Waals surface area (Å²) in [5.41, 5.74) is 0. The molecule has 2 aliphatic rings. The standard InChI is InChI=1S/C14H19BrN2OS/c15-13-6-5-12(19-13)14(18)17-8-2-3-10(9-17)11-4-1-7-16-11/h5-6,10-11,16H,1-4,7-9H2. The summed E-state index contributed by atoms with van der Waals surface area (Å²) in [6.45, 7) is 2.98. The maximum Gasteiger partial charge on any atom is 0.263 e. The number of thiophene rings is 1. The Balaban J connectivity index is 1.65. The largest absolute Gasteiger partial charge is 0.338 e. The van der Waals surface area contributed by atoms with Crippen LogP contribution < -0.4 is 5.32 Å². The van der Waals surface area contributed by atoms with Crippen molar-refractivity contribution < 1.29 is 4.79 Å². The molecule has 1 amide bonds. The summed E-state index contributed by atoms with van der Waals surface area (Å²) in [6.07, 6.45) is 4.96. The van der Waals surface area contributed by atoms with Gasteiger partial charge in [-0.15, -0.1) is 11.3 Å². The molecule has 0 spiro atoms. The topological polar surface area (TPSA) is 32.3 Å². The summed E-state index contributed by atoms with van der Waals surface area (Å²) < 4.78 is 1.03. The molecule has 1 aromatic heterocycles. The van der Waals surface area contributed by atoms with E-state index in [1.807, 2.05) is 17.0 Å². The fourth-order valence-corrected chi connectivity index (χ4v) is 4.58. The van der Waals surface area contributed by atoms with Gasteiger partial charge < -0.3 is 10.2 Å². The van der Waals surface area contributed by atoms with Gasteiger partial charge in [-0.05, 0) is 66.2 Å². The molecule has 1 N–H and O–H groups in total. The number of likely N-dealkylation sites (tertiary alicyclic amines) is 1. The first-order chi connectivity index (χ1) is 9.24. The van der Waals surface area contributed by atoms with Crippen molar-refractivity contribution in [1.29, 1.82) is 0 Å². The van der Waals surface area contributed by atoms with Crippen LogP contribution in [-0.4, -0.2) is 36.5 Å². The summed E-state index contributed by atoms with van der Waals surface area (Å²) in [7, 11) is 0. The number of carbonyl (C=O) groups is 1. The van der Waals surface area contributed by atoms with Crippen LogP contribution in [0.2, 0.25) is 0 Å². The molecule has 0 aromatic carbocycles. The number of halogens is 1. The Morgan fingerprint density at radius 1 is 1.37 bits per heavy atom. The van der Waals surface area contributed by atoms with Crippen LogP contribution in [0.25, 0.3) is 0 Å². The number of amides is 1. The highest BCUT2D eigenvalue weighted by atomic mass is 79.9. The van der Waals surface area contributed by atoms with Gasteiger partial charge in [-0.25, -0.2) is 0 Å². The SMILES string of the molecule is O=C(c1ccc(Br)s1)N1CCCC(C2CCCN2)C1. The van der Waals surface area contributed by atoms with E-state index < -0.39 is 0 Å². The summed E-state index contributed by atoms with van der Waals surface area (Å²) >= 11 is 4.96. The Kier molecular flexibility index (Phi) is 4.24. The molecule has 0 aliphatic carbocycles. The number of nitrogens with one attached hydrogen (secondary N) is 1. The van der Waals surface area contributed by atoms with Crippen LogP contribution in [0.15, 0.2) is 15.9 Å². The Bertz CT molecular complexity index is 456. The van der Waals surface area contributed by atoms with Gasteiger partial charge in [0.2, 0.25) is 0 Å². The molecule has 104 valence electrons. The second-order valence-electron chi connectivity index (χ2n) is 5.46. The highest BCUT2D eigenvalue weighted by Gasteiger charge is 2.31. The zero-order valence-electron chi connectivity index (χ0n) is 10.9. The second kappa shape index (κ2) is 5.94. The Labute approximate surface area is 126 Å². The van der Waals surface area contributed by atoms with Crippen LogP contribution in [0.1, 0.15) is 35.4 Å². The van der Waals surface area contributed by atoms with Gasteiger partial charge >= 0.3 is 0 Å². The fourth-order valence-electron chi connectivity index (χ4n) is 3.22. The summed E-state index contributed by atoms with van der Waals surface area (Å²) in [6, 6.07) is 4.51. The van der Waals surface area contributed by atoms with Gasteiger partial charge in [-0.3, -0.25) is 4.79 Å². The first kappa shape index (κ1) is 13.6. The lowest BCUT2D eigenvalue weighted by Gasteiger charge is -2.35. The minimum absolute atomic E-state index is 0.207. The zero-order chi connectivity index (χ0) is 13.2. The van der Waals surface area contributed by atoms with Crippen molar-refractivity contribution in [2.45, 2.75) is 31.7 Å². The third-order valence-electron chi connectivity index (χ3n) is 4.20. The molecule has 0 radical (unpaired) electrons. The van der Waals surface area contributed by atoms with Crippen LogP contribution in [-0.2, 0) is 0 Å². The van der Waals surface area contributed by atoms with Crippen molar-refractivity contribution in [2.75, 3.05) is 19.6 Å². The molecule has 2 unspecified atom stereocenters. The quantitative estimate of drug-likeness (QED) is 0.895. The Morgan fingerprint density at radius 2 is 2.26 bits per heavy atom. The van der Waals surface area contributed by atoms with E-state index in [9.17, 15) is 4.79 Å². The number of carbonyl (C=O) groups excluding carboxylic acids is 1. The van der Waals surface area contributed by atoms with E-state index in [0.29, 0.717) is 12.0 Å². The van der Waals surface area contributed by atoms with Gasteiger partial charge in [-0.2, -0.15) is 0 Å². The predicted octanol–water partition coefficient (Wildman–Crippen LogP) is 3.11. The molecule has 2 aliphatic heterocycles. The average Bonchev–Trinajstić information content (AvgIpc) is 3.09. The van der Waals surface area contributed by atoms with E-state index in [1.165, 1.54) is 30.6 Å². The summed E-state index contributed by atoms with van der Waals surface area (Å²) in [4.78, 5) is 15.4. The second-order valence-corrected chi connectivity index (χ2v) is 7.92. The van der Waals surface area contributed by atoms with Gasteiger partial charge in [0.05, 0.1) is 8.66 Å². The summed E-state index contributed by atoms with van der Waals surface area (Å²) in [5, 5.41) is 3.59. The van der Waals surface area contributed by atoms with E-state index in [2.05, 4.69) is 21.2 Å². The number of piperidine rings is 1. The van der Waals surface area contributed by atoms with Crippen LogP contribution in [0.4, 0.5) is 0 Å². The van der Waals surface area contributed by atoms with E-state index in [0.717, 1.165) is 34.7 Å². The molecule has 0 bridgehead atoms. The molecule has 1 aromatic rings. The van der Waals surface area contributed by atoms with E-state index in [1.54, 1.807) is 0 Å². The lowest BCUT2D eigenvalue weighted by molar-refractivity contribution is 0.0656. The van der Waals surface area contributed by atoms with Gasteiger partial charge in [0.15, 0.2) is 0 Å². The molecule has 3 rings (SSSR count). The highest BCUT2D eigenvalue weighted by Crippen LogP contribution is 2.28. The Morgan fingerprint density at radius 3 is 2.95 bits per heavy atom.